The van der Waals surface area contributed by atoms with E-state index < -0.39 is 11.2 Å². The minimum atomic E-state index is -0.471. The van der Waals surface area contributed by atoms with Crippen LogP contribution in [0.4, 0.5) is 5.82 Å². The van der Waals surface area contributed by atoms with E-state index in [0.717, 1.165) is 5.56 Å². The van der Waals surface area contributed by atoms with Crippen LogP contribution >= 0.6 is 0 Å². The standard InChI is InChI=1S/C13H15N3O2/c1-9(10-5-3-2-4-6-10)8-16-11(14)7-12(17)15-13(16)18/h2-7,9H,8,14H2,1H3,(H,15,17,18). The smallest absolute Gasteiger partial charge is 0.329 e. The third-order valence-corrected chi connectivity index (χ3v) is 2.89. The second kappa shape index (κ2) is 4.91. The molecule has 0 fully saturated rings. The van der Waals surface area contributed by atoms with Crippen LogP contribution in [0.2, 0.25) is 0 Å². The highest BCUT2D eigenvalue weighted by Crippen LogP contribution is 2.16. The lowest BCUT2D eigenvalue weighted by molar-refractivity contribution is 0.574. The third-order valence-electron chi connectivity index (χ3n) is 2.89. The third kappa shape index (κ3) is 2.51. The van der Waals surface area contributed by atoms with E-state index in [9.17, 15) is 9.59 Å². The highest BCUT2D eigenvalue weighted by molar-refractivity contribution is 5.27. The Bertz CT molecular complexity index is 643. The Morgan fingerprint density at radius 2 is 1.94 bits per heavy atom. The number of H-pyrrole nitrogens is 1. The van der Waals surface area contributed by atoms with Crippen molar-refractivity contribution in [3.63, 3.8) is 0 Å². The number of nitrogens with zero attached hydrogens (tertiary/aromatic N) is 1. The molecular weight excluding hydrogens is 230 g/mol. The van der Waals surface area contributed by atoms with E-state index in [1.165, 1.54) is 10.6 Å². The first kappa shape index (κ1) is 12.2. The topological polar surface area (TPSA) is 80.9 Å². The molecule has 1 aromatic heterocycles. The van der Waals surface area contributed by atoms with Gasteiger partial charge in [0, 0.05) is 12.6 Å². The Hall–Kier alpha value is -2.30. The molecule has 0 saturated carbocycles. The molecule has 2 aromatic rings. The first-order valence-electron chi connectivity index (χ1n) is 5.72. The van der Waals surface area contributed by atoms with Crippen LogP contribution in [0, 0.1) is 0 Å². The van der Waals surface area contributed by atoms with Gasteiger partial charge in [0.2, 0.25) is 0 Å². The number of nitrogens with two attached hydrogens (primary N) is 1. The average Bonchev–Trinajstić information content (AvgIpc) is 2.34. The van der Waals surface area contributed by atoms with E-state index >= 15 is 0 Å². The summed E-state index contributed by atoms with van der Waals surface area (Å²) >= 11 is 0. The lowest BCUT2D eigenvalue weighted by Crippen LogP contribution is -2.32. The van der Waals surface area contributed by atoms with E-state index in [2.05, 4.69) is 4.98 Å². The molecule has 5 heteroatoms. The maximum Gasteiger partial charge on any atom is 0.329 e. The summed E-state index contributed by atoms with van der Waals surface area (Å²) in [5.41, 5.74) is 5.87. The number of anilines is 1. The summed E-state index contributed by atoms with van der Waals surface area (Å²) in [6.07, 6.45) is 0. The zero-order valence-corrected chi connectivity index (χ0v) is 10.1. The molecule has 94 valence electrons. The molecule has 0 radical (unpaired) electrons. The van der Waals surface area contributed by atoms with Crippen molar-refractivity contribution in [3.05, 3.63) is 62.8 Å². The number of nitrogen functional groups attached to an aromatic ring is 1. The molecule has 0 bridgehead atoms. The quantitative estimate of drug-likeness (QED) is 0.843. The zero-order valence-electron chi connectivity index (χ0n) is 10.1. The molecule has 0 saturated heterocycles. The van der Waals surface area contributed by atoms with Gasteiger partial charge in [0.05, 0.1) is 0 Å². The zero-order chi connectivity index (χ0) is 13.1. The van der Waals surface area contributed by atoms with Crippen molar-refractivity contribution >= 4 is 5.82 Å². The van der Waals surface area contributed by atoms with Gasteiger partial charge in [-0.3, -0.25) is 14.3 Å². The summed E-state index contributed by atoms with van der Waals surface area (Å²) in [4.78, 5) is 24.9. The van der Waals surface area contributed by atoms with Gasteiger partial charge >= 0.3 is 5.69 Å². The SMILES string of the molecule is CC(Cn1c(N)cc(=O)[nH]c1=O)c1ccccc1. The van der Waals surface area contributed by atoms with Gasteiger partial charge in [0.1, 0.15) is 5.82 Å². The average molecular weight is 245 g/mol. The molecule has 0 aliphatic heterocycles. The molecule has 3 N–H and O–H groups in total. The van der Waals surface area contributed by atoms with Crippen LogP contribution in [-0.4, -0.2) is 9.55 Å². The van der Waals surface area contributed by atoms with Gasteiger partial charge in [-0.25, -0.2) is 4.79 Å². The Morgan fingerprint density at radius 3 is 2.56 bits per heavy atom. The van der Waals surface area contributed by atoms with E-state index in [1.807, 2.05) is 37.3 Å². The molecule has 2 rings (SSSR count). The first-order chi connectivity index (χ1) is 8.58. The van der Waals surface area contributed by atoms with Crippen molar-refractivity contribution in [1.29, 1.82) is 0 Å². The van der Waals surface area contributed by atoms with E-state index in [1.54, 1.807) is 0 Å². The molecule has 1 unspecified atom stereocenters. The van der Waals surface area contributed by atoms with Gasteiger partial charge in [-0.1, -0.05) is 37.3 Å². The summed E-state index contributed by atoms with van der Waals surface area (Å²) in [7, 11) is 0. The molecule has 5 nitrogen and oxygen atoms in total. The highest BCUT2D eigenvalue weighted by Gasteiger charge is 2.09. The van der Waals surface area contributed by atoms with E-state index in [0.29, 0.717) is 6.54 Å². The van der Waals surface area contributed by atoms with Gasteiger partial charge in [0.25, 0.3) is 5.56 Å². The van der Waals surface area contributed by atoms with Crippen molar-refractivity contribution in [2.24, 2.45) is 0 Å². The van der Waals surface area contributed by atoms with Gasteiger partial charge in [-0.15, -0.1) is 0 Å². The van der Waals surface area contributed by atoms with Crippen molar-refractivity contribution in [3.8, 4) is 0 Å². The largest absolute Gasteiger partial charge is 0.385 e. The summed E-state index contributed by atoms with van der Waals surface area (Å²) in [6, 6.07) is 11.1. The van der Waals surface area contributed by atoms with Gasteiger partial charge in [-0.05, 0) is 11.5 Å². The monoisotopic (exact) mass is 245 g/mol. The van der Waals surface area contributed by atoms with Gasteiger partial charge in [0.15, 0.2) is 0 Å². The molecule has 18 heavy (non-hydrogen) atoms. The second-order valence-electron chi connectivity index (χ2n) is 4.29. The van der Waals surface area contributed by atoms with Crippen LogP contribution in [-0.2, 0) is 6.54 Å². The molecule has 0 aliphatic carbocycles. The van der Waals surface area contributed by atoms with Crippen molar-refractivity contribution in [2.75, 3.05) is 5.73 Å². The summed E-state index contributed by atoms with van der Waals surface area (Å²) in [5, 5.41) is 0. The van der Waals surface area contributed by atoms with Crippen LogP contribution < -0.4 is 17.0 Å². The number of benzene rings is 1. The number of hydrogen-bond acceptors (Lipinski definition) is 3. The Kier molecular flexibility index (Phi) is 3.32. The van der Waals surface area contributed by atoms with Crippen LogP contribution in [0.3, 0.4) is 0 Å². The van der Waals surface area contributed by atoms with Crippen LogP contribution in [0.25, 0.3) is 0 Å². The maximum absolute atomic E-state index is 11.7. The number of hydrogen-bond donors (Lipinski definition) is 2. The molecule has 1 heterocycles. The van der Waals surface area contributed by atoms with Crippen LogP contribution in [0.1, 0.15) is 18.4 Å². The normalized spacial score (nSPS) is 12.3. The van der Waals surface area contributed by atoms with Crippen LogP contribution in [0.15, 0.2) is 46.0 Å². The lowest BCUT2D eigenvalue weighted by atomic mass is 10.0. The molecule has 1 atom stereocenters. The van der Waals surface area contributed by atoms with Gasteiger partial charge in [-0.2, -0.15) is 0 Å². The van der Waals surface area contributed by atoms with E-state index in [4.69, 9.17) is 5.73 Å². The van der Waals surface area contributed by atoms with Crippen molar-refractivity contribution in [1.82, 2.24) is 9.55 Å². The summed E-state index contributed by atoms with van der Waals surface area (Å²) in [6.45, 7) is 2.44. The predicted molar refractivity (Wildman–Crippen MR) is 70.6 cm³/mol. The van der Waals surface area contributed by atoms with Crippen molar-refractivity contribution in [2.45, 2.75) is 19.4 Å². The Labute approximate surface area is 104 Å². The number of rotatable bonds is 3. The predicted octanol–water partition coefficient (Wildman–Crippen LogP) is 0.922. The number of aromatic amines is 1. The highest BCUT2D eigenvalue weighted by atomic mass is 16.2. The lowest BCUT2D eigenvalue weighted by Gasteiger charge is -2.15. The fraction of sp³-hybridized carbons (Fsp3) is 0.231. The fourth-order valence-electron chi connectivity index (χ4n) is 1.89. The maximum atomic E-state index is 11.7. The number of aromatic nitrogens is 2. The minimum absolute atomic E-state index is 0.136. The number of nitrogens with one attached hydrogen (secondary N) is 1. The second-order valence-corrected chi connectivity index (χ2v) is 4.29. The molecule has 0 amide bonds. The van der Waals surface area contributed by atoms with E-state index in [-0.39, 0.29) is 11.7 Å². The summed E-state index contributed by atoms with van der Waals surface area (Å²) in [5.74, 6) is 0.323. The first-order valence-corrected chi connectivity index (χ1v) is 5.72. The minimum Gasteiger partial charge on any atom is -0.385 e. The molecular formula is C13H15N3O2. The summed E-state index contributed by atoms with van der Waals surface area (Å²) < 4.78 is 1.37. The molecule has 0 spiro atoms. The van der Waals surface area contributed by atoms with Crippen LogP contribution in [0.5, 0.6) is 0 Å². The van der Waals surface area contributed by atoms with Crippen molar-refractivity contribution < 1.29 is 0 Å². The fourth-order valence-corrected chi connectivity index (χ4v) is 1.89. The molecule has 0 aliphatic rings. The Balaban J connectivity index is 2.31. The molecule has 1 aromatic carbocycles. The Morgan fingerprint density at radius 1 is 1.28 bits per heavy atom. The van der Waals surface area contributed by atoms with Gasteiger partial charge < -0.3 is 5.73 Å².